The molecule has 0 N–H and O–H groups in total. The second kappa shape index (κ2) is 7.39. The Morgan fingerprint density at radius 1 is 1.04 bits per heavy atom. The summed E-state index contributed by atoms with van der Waals surface area (Å²) in [5.74, 6) is 0.582. The first kappa shape index (κ1) is 18.1. The first-order valence-corrected chi connectivity index (χ1v) is 10.3. The second-order valence-electron chi connectivity index (χ2n) is 7.60. The Balaban J connectivity index is 1.79. The predicted molar refractivity (Wildman–Crippen MR) is 109 cm³/mol. The highest BCUT2D eigenvalue weighted by Gasteiger charge is 2.37. The molecule has 2 heterocycles. The summed E-state index contributed by atoms with van der Waals surface area (Å²) in [6.45, 7) is 5.08. The highest BCUT2D eigenvalue weighted by atomic mass is 32.2. The predicted octanol–water partition coefficient (Wildman–Crippen LogP) is 4.51. The summed E-state index contributed by atoms with van der Waals surface area (Å²) in [7, 11) is 0. The third kappa shape index (κ3) is 3.48. The van der Waals surface area contributed by atoms with Crippen molar-refractivity contribution >= 4 is 34.8 Å². The molecule has 140 valence electrons. The van der Waals surface area contributed by atoms with Crippen LogP contribution in [-0.2, 0) is 9.59 Å². The van der Waals surface area contributed by atoms with Gasteiger partial charge in [0, 0.05) is 22.8 Å². The van der Waals surface area contributed by atoms with Crippen LogP contribution >= 0.6 is 11.8 Å². The average molecular weight is 381 g/mol. The number of likely N-dealkylation sites (tertiary alicyclic amines) is 1. The molecule has 2 aliphatic rings. The summed E-state index contributed by atoms with van der Waals surface area (Å²) in [5.41, 5.74) is 2.15. The van der Waals surface area contributed by atoms with E-state index in [1.807, 2.05) is 24.3 Å². The number of ketones is 1. The Morgan fingerprint density at radius 2 is 1.63 bits per heavy atom. The summed E-state index contributed by atoms with van der Waals surface area (Å²) in [4.78, 5) is 31.5. The maximum Gasteiger partial charge on any atom is 0.246 e. The molecule has 0 bridgehead atoms. The topological polar surface area (TPSA) is 40.6 Å². The van der Waals surface area contributed by atoms with Crippen molar-refractivity contribution in [3.63, 3.8) is 0 Å². The van der Waals surface area contributed by atoms with E-state index in [1.54, 1.807) is 16.7 Å². The van der Waals surface area contributed by atoms with Gasteiger partial charge < -0.3 is 9.80 Å². The van der Waals surface area contributed by atoms with Crippen molar-refractivity contribution in [3.05, 3.63) is 48.5 Å². The number of fused-ring (bicyclic) bond motifs is 2. The fourth-order valence-corrected chi connectivity index (χ4v) is 4.93. The number of para-hydroxylation sites is 2. The van der Waals surface area contributed by atoms with Gasteiger partial charge in [-0.1, -0.05) is 49.9 Å². The normalized spacial score (nSPS) is 17.1. The van der Waals surface area contributed by atoms with Crippen LogP contribution in [0.4, 0.5) is 11.4 Å². The molecule has 0 aromatic heterocycles. The molecule has 2 aromatic rings. The molecule has 0 unspecified atom stereocenters. The van der Waals surface area contributed by atoms with E-state index in [2.05, 4.69) is 43.0 Å². The first-order valence-electron chi connectivity index (χ1n) is 9.50. The molecule has 1 amide bonds. The number of anilines is 2. The van der Waals surface area contributed by atoms with Crippen LogP contribution in [0.5, 0.6) is 0 Å². The minimum absolute atomic E-state index is 0.0612. The van der Waals surface area contributed by atoms with Gasteiger partial charge in [-0.2, -0.15) is 0 Å². The lowest BCUT2D eigenvalue weighted by molar-refractivity contribution is -0.133. The molecule has 5 heteroatoms. The Hall–Kier alpha value is -2.27. The van der Waals surface area contributed by atoms with Crippen LogP contribution in [0.3, 0.4) is 0 Å². The monoisotopic (exact) mass is 380 g/mol. The lowest BCUT2D eigenvalue weighted by Gasteiger charge is -2.40. The smallest absolute Gasteiger partial charge is 0.246 e. The molecule has 0 radical (unpaired) electrons. The van der Waals surface area contributed by atoms with Crippen molar-refractivity contribution < 1.29 is 9.59 Å². The minimum atomic E-state index is -0.306. The molecule has 0 spiro atoms. The number of hydrogen-bond donors (Lipinski definition) is 0. The number of Topliss-reactive ketones (excluding diaryl/α,β-unsaturated/α-hetero) is 1. The van der Waals surface area contributed by atoms with Gasteiger partial charge in [-0.25, -0.2) is 0 Å². The van der Waals surface area contributed by atoms with Crippen LogP contribution in [0.2, 0.25) is 0 Å². The van der Waals surface area contributed by atoms with Gasteiger partial charge in [-0.3, -0.25) is 9.59 Å². The van der Waals surface area contributed by atoms with Crippen molar-refractivity contribution in [3.8, 4) is 0 Å². The third-order valence-electron chi connectivity index (χ3n) is 5.10. The van der Waals surface area contributed by atoms with Crippen LogP contribution < -0.4 is 4.90 Å². The largest absolute Gasteiger partial charge is 0.333 e. The summed E-state index contributed by atoms with van der Waals surface area (Å²) in [6, 6.07) is 16.2. The molecule has 0 saturated carbocycles. The van der Waals surface area contributed by atoms with E-state index in [4.69, 9.17) is 0 Å². The SMILES string of the molecule is CC(C)C[C@@H](C(=O)N1CCC(=O)C1)N1c2ccccc2Sc2ccccc21. The van der Waals surface area contributed by atoms with E-state index >= 15 is 0 Å². The van der Waals surface area contributed by atoms with Gasteiger partial charge in [-0.05, 0) is 36.6 Å². The lowest BCUT2D eigenvalue weighted by Crippen LogP contribution is -2.47. The molecule has 27 heavy (non-hydrogen) atoms. The highest BCUT2D eigenvalue weighted by molar-refractivity contribution is 7.99. The fourth-order valence-electron chi connectivity index (χ4n) is 3.86. The van der Waals surface area contributed by atoms with Crippen molar-refractivity contribution in [2.75, 3.05) is 18.0 Å². The Bertz CT molecular complexity index is 835. The quantitative estimate of drug-likeness (QED) is 0.783. The number of rotatable bonds is 4. The van der Waals surface area contributed by atoms with Gasteiger partial charge in [0.25, 0.3) is 0 Å². The average Bonchev–Trinajstić information content (AvgIpc) is 3.10. The van der Waals surface area contributed by atoms with Gasteiger partial charge in [0.05, 0.1) is 17.9 Å². The van der Waals surface area contributed by atoms with Gasteiger partial charge in [0.2, 0.25) is 5.91 Å². The molecule has 4 rings (SSSR count). The van der Waals surface area contributed by atoms with E-state index < -0.39 is 0 Å². The first-order chi connectivity index (χ1) is 13.0. The number of hydrogen-bond acceptors (Lipinski definition) is 4. The van der Waals surface area contributed by atoms with Crippen LogP contribution in [-0.4, -0.2) is 35.7 Å². The molecule has 2 aliphatic heterocycles. The summed E-state index contributed by atoms with van der Waals surface area (Å²) in [5, 5.41) is 0. The van der Waals surface area contributed by atoms with Gasteiger partial charge >= 0.3 is 0 Å². The van der Waals surface area contributed by atoms with E-state index in [9.17, 15) is 9.59 Å². The van der Waals surface area contributed by atoms with E-state index in [0.29, 0.717) is 18.9 Å². The zero-order valence-electron chi connectivity index (χ0n) is 15.7. The van der Waals surface area contributed by atoms with E-state index in [0.717, 1.165) is 27.6 Å². The van der Waals surface area contributed by atoms with Crippen molar-refractivity contribution in [1.82, 2.24) is 4.90 Å². The Morgan fingerprint density at radius 3 is 2.15 bits per heavy atom. The summed E-state index contributed by atoms with van der Waals surface area (Å²) >= 11 is 1.75. The molecule has 0 aliphatic carbocycles. The summed E-state index contributed by atoms with van der Waals surface area (Å²) < 4.78 is 0. The maximum atomic E-state index is 13.5. The molecule has 4 nitrogen and oxygen atoms in total. The van der Waals surface area contributed by atoms with Crippen LogP contribution in [0.15, 0.2) is 58.3 Å². The van der Waals surface area contributed by atoms with Gasteiger partial charge in [0.1, 0.15) is 6.04 Å². The van der Waals surface area contributed by atoms with E-state index in [-0.39, 0.29) is 24.3 Å². The van der Waals surface area contributed by atoms with Crippen molar-refractivity contribution in [2.45, 2.75) is 42.5 Å². The van der Waals surface area contributed by atoms with Crippen molar-refractivity contribution in [1.29, 1.82) is 0 Å². The molecular weight excluding hydrogens is 356 g/mol. The van der Waals surface area contributed by atoms with Crippen LogP contribution in [0.25, 0.3) is 0 Å². The number of amides is 1. The Labute approximate surface area is 164 Å². The zero-order chi connectivity index (χ0) is 19.0. The van der Waals surface area contributed by atoms with Crippen molar-refractivity contribution in [2.24, 2.45) is 5.92 Å². The highest BCUT2D eigenvalue weighted by Crippen LogP contribution is 2.49. The molecule has 1 fully saturated rings. The number of carbonyl (C=O) groups excluding carboxylic acids is 2. The molecule has 1 atom stereocenters. The number of nitrogens with zero attached hydrogens (tertiary/aromatic N) is 2. The van der Waals surface area contributed by atoms with Gasteiger partial charge in [0.15, 0.2) is 5.78 Å². The van der Waals surface area contributed by atoms with Crippen LogP contribution in [0.1, 0.15) is 26.7 Å². The van der Waals surface area contributed by atoms with Gasteiger partial charge in [-0.15, -0.1) is 0 Å². The van der Waals surface area contributed by atoms with Crippen LogP contribution in [0, 0.1) is 5.92 Å². The third-order valence-corrected chi connectivity index (χ3v) is 6.23. The number of carbonyl (C=O) groups is 2. The standard InChI is InChI=1S/C22H24N2O2S/c1-15(2)13-19(22(26)23-12-11-16(25)14-23)24-17-7-3-5-9-20(17)27-21-10-6-4-8-18(21)24/h3-10,15,19H,11-14H2,1-2H3/t19-/m0/s1. The lowest BCUT2D eigenvalue weighted by atomic mass is 9.99. The second-order valence-corrected chi connectivity index (χ2v) is 8.69. The maximum absolute atomic E-state index is 13.5. The minimum Gasteiger partial charge on any atom is -0.333 e. The molecule has 1 saturated heterocycles. The molecule has 2 aromatic carbocycles. The number of benzene rings is 2. The van der Waals surface area contributed by atoms with E-state index in [1.165, 1.54) is 0 Å². The molecular formula is C22H24N2O2S. The summed E-state index contributed by atoms with van der Waals surface area (Å²) in [6.07, 6.45) is 1.22. The zero-order valence-corrected chi connectivity index (χ0v) is 16.5. The fraction of sp³-hybridized carbons (Fsp3) is 0.364. The Kier molecular flexibility index (Phi) is 4.96.